The summed E-state index contributed by atoms with van der Waals surface area (Å²) in [7, 11) is 0. The molecule has 0 aliphatic rings. The van der Waals surface area contributed by atoms with Crippen molar-refractivity contribution in [1.82, 2.24) is 0 Å². The van der Waals surface area contributed by atoms with Gasteiger partial charge in [0.15, 0.2) is 0 Å². The Morgan fingerprint density at radius 1 is 1.19 bits per heavy atom. The molecule has 0 radical (unpaired) electrons. The Bertz CT molecular complexity index is 445. The molecule has 1 rings (SSSR count). The molecule has 0 aliphatic carbocycles. The normalized spacial score (nSPS) is 12.2. The van der Waals surface area contributed by atoms with Crippen LogP contribution in [0.15, 0.2) is 12.1 Å². The Kier molecular flexibility index (Phi) is 7.44. The zero-order chi connectivity index (χ0) is 15.8. The standard InChI is InChI=1S/C18H29NO2/c1-5-7-8-9-16(6-2)18(21)19-17-13(3)10-15(12-20)11-14(17)4/h10-11,16,20H,5-9,12H2,1-4H3,(H,19,21). The Morgan fingerprint density at radius 2 is 1.81 bits per heavy atom. The van der Waals surface area contributed by atoms with E-state index < -0.39 is 0 Å². The van der Waals surface area contributed by atoms with Gasteiger partial charge in [0.2, 0.25) is 5.91 Å². The van der Waals surface area contributed by atoms with Crippen LogP contribution in [-0.4, -0.2) is 11.0 Å². The van der Waals surface area contributed by atoms with Crippen molar-refractivity contribution in [2.75, 3.05) is 5.32 Å². The van der Waals surface area contributed by atoms with E-state index in [1.165, 1.54) is 12.8 Å². The summed E-state index contributed by atoms with van der Waals surface area (Å²) in [6.07, 6.45) is 5.32. The molecule has 1 unspecified atom stereocenters. The molecule has 118 valence electrons. The van der Waals surface area contributed by atoms with Crippen LogP contribution in [-0.2, 0) is 11.4 Å². The minimum atomic E-state index is 0.0323. The van der Waals surface area contributed by atoms with E-state index in [-0.39, 0.29) is 18.4 Å². The van der Waals surface area contributed by atoms with Crippen molar-refractivity contribution in [2.45, 2.75) is 66.4 Å². The van der Waals surface area contributed by atoms with E-state index in [0.29, 0.717) is 0 Å². The molecule has 1 aromatic carbocycles. The van der Waals surface area contributed by atoms with Crippen molar-refractivity contribution in [3.63, 3.8) is 0 Å². The molecule has 0 heterocycles. The lowest BCUT2D eigenvalue weighted by molar-refractivity contribution is -0.120. The molecule has 0 saturated heterocycles. The smallest absolute Gasteiger partial charge is 0.227 e. The molecular weight excluding hydrogens is 262 g/mol. The molecular formula is C18H29NO2. The van der Waals surface area contributed by atoms with Crippen LogP contribution in [0.3, 0.4) is 0 Å². The highest BCUT2D eigenvalue weighted by Crippen LogP contribution is 2.24. The predicted octanol–water partition coefficient (Wildman–Crippen LogP) is 4.34. The summed E-state index contributed by atoms with van der Waals surface area (Å²) in [5.74, 6) is 0.212. The molecule has 0 aliphatic heterocycles. The van der Waals surface area contributed by atoms with E-state index in [1.807, 2.05) is 26.0 Å². The number of aliphatic hydroxyl groups is 1. The molecule has 21 heavy (non-hydrogen) atoms. The first-order valence-electron chi connectivity index (χ1n) is 8.05. The number of benzene rings is 1. The fourth-order valence-corrected chi connectivity index (χ4v) is 2.73. The van der Waals surface area contributed by atoms with E-state index in [0.717, 1.165) is 41.6 Å². The predicted molar refractivity (Wildman–Crippen MR) is 88.4 cm³/mol. The number of hydrogen-bond donors (Lipinski definition) is 2. The van der Waals surface area contributed by atoms with Crippen LogP contribution < -0.4 is 5.32 Å². The summed E-state index contributed by atoms with van der Waals surface area (Å²) in [6.45, 7) is 8.23. The van der Waals surface area contributed by atoms with Crippen molar-refractivity contribution in [1.29, 1.82) is 0 Å². The van der Waals surface area contributed by atoms with Gasteiger partial charge in [0.25, 0.3) is 0 Å². The third-order valence-corrected chi connectivity index (χ3v) is 4.04. The molecule has 0 fully saturated rings. The minimum absolute atomic E-state index is 0.0323. The van der Waals surface area contributed by atoms with Gasteiger partial charge < -0.3 is 10.4 Å². The number of hydrogen-bond acceptors (Lipinski definition) is 2. The van der Waals surface area contributed by atoms with Gasteiger partial charge in [-0.15, -0.1) is 0 Å². The second kappa shape index (κ2) is 8.83. The number of carbonyl (C=O) groups excluding carboxylic acids is 1. The Morgan fingerprint density at radius 3 is 2.29 bits per heavy atom. The first-order chi connectivity index (χ1) is 10.0. The summed E-state index contributed by atoms with van der Waals surface area (Å²) in [5, 5.41) is 12.3. The van der Waals surface area contributed by atoms with Gasteiger partial charge in [-0.3, -0.25) is 4.79 Å². The average molecular weight is 291 g/mol. The molecule has 1 amide bonds. The van der Waals surface area contributed by atoms with Crippen LogP contribution in [0.25, 0.3) is 0 Å². The van der Waals surface area contributed by atoms with Crippen LogP contribution >= 0.6 is 0 Å². The molecule has 0 spiro atoms. The Labute approximate surface area is 128 Å². The summed E-state index contributed by atoms with van der Waals surface area (Å²) in [5.41, 5.74) is 3.80. The number of aryl methyl sites for hydroxylation is 2. The lowest BCUT2D eigenvalue weighted by atomic mass is 9.97. The summed E-state index contributed by atoms with van der Waals surface area (Å²) >= 11 is 0. The van der Waals surface area contributed by atoms with Crippen molar-refractivity contribution < 1.29 is 9.90 Å². The van der Waals surface area contributed by atoms with Gasteiger partial charge in [-0.1, -0.05) is 45.2 Å². The topological polar surface area (TPSA) is 49.3 Å². The molecule has 2 N–H and O–H groups in total. The average Bonchev–Trinajstić information content (AvgIpc) is 2.47. The van der Waals surface area contributed by atoms with E-state index >= 15 is 0 Å². The van der Waals surface area contributed by atoms with E-state index in [4.69, 9.17) is 0 Å². The largest absolute Gasteiger partial charge is 0.392 e. The number of amides is 1. The number of aliphatic hydroxyl groups excluding tert-OH is 1. The highest BCUT2D eigenvalue weighted by Gasteiger charge is 2.17. The van der Waals surface area contributed by atoms with Crippen LogP contribution in [0.1, 0.15) is 62.6 Å². The van der Waals surface area contributed by atoms with E-state index in [1.54, 1.807) is 0 Å². The van der Waals surface area contributed by atoms with Gasteiger partial charge in [0.05, 0.1) is 6.61 Å². The zero-order valence-electron chi connectivity index (χ0n) is 13.8. The van der Waals surface area contributed by atoms with Gasteiger partial charge in [0, 0.05) is 11.6 Å². The summed E-state index contributed by atoms with van der Waals surface area (Å²) in [6, 6.07) is 3.86. The third kappa shape index (κ3) is 5.16. The molecule has 3 nitrogen and oxygen atoms in total. The molecule has 1 aromatic rings. The molecule has 0 saturated carbocycles. The number of carbonyl (C=O) groups is 1. The second-order valence-corrected chi connectivity index (χ2v) is 5.85. The Balaban J connectivity index is 2.77. The van der Waals surface area contributed by atoms with Crippen molar-refractivity contribution >= 4 is 11.6 Å². The second-order valence-electron chi connectivity index (χ2n) is 5.85. The fraction of sp³-hybridized carbons (Fsp3) is 0.611. The van der Waals surface area contributed by atoms with Gasteiger partial charge in [0.1, 0.15) is 0 Å². The third-order valence-electron chi connectivity index (χ3n) is 4.04. The highest BCUT2D eigenvalue weighted by molar-refractivity contribution is 5.94. The van der Waals surface area contributed by atoms with Crippen LogP contribution in [0.2, 0.25) is 0 Å². The monoisotopic (exact) mass is 291 g/mol. The van der Waals surface area contributed by atoms with E-state index in [9.17, 15) is 9.90 Å². The van der Waals surface area contributed by atoms with Gasteiger partial charge in [-0.25, -0.2) is 0 Å². The van der Waals surface area contributed by atoms with E-state index in [2.05, 4.69) is 19.2 Å². The van der Waals surface area contributed by atoms with Crippen LogP contribution in [0, 0.1) is 19.8 Å². The number of rotatable bonds is 8. The SMILES string of the molecule is CCCCCC(CC)C(=O)Nc1c(C)cc(CO)cc1C. The van der Waals surface area contributed by atoms with Crippen molar-refractivity contribution in [3.05, 3.63) is 28.8 Å². The Hall–Kier alpha value is -1.35. The van der Waals surface area contributed by atoms with Gasteiger partial charge in [-0.2, -0.15) is 0 Å². The first kappa shape index (κ1) is 17.7. The quantitative estimate of drug-likeness (QED) is 0.700. The summed E-state index contributed by atoms with van der Waals surface area (Å²) < 4.78 is 0. The summed E-state index contributed by atoms with van der Waals surface area (Å²) in [4.78, 5) is 12.4. The lowest BCUT2D eigenvalue weighted by Crippen LogP contribution is -2.23. The highest BCUT2D eigenvalue weighted by atomic mass is 16.3. The van der Waals surface area contributed by atoms with Crippen LogP contribution in [0.4, 0.5) is 5.69 Å². The number of unbranched alkanes of at least 4 members (excludes halogenated alkanes) is 2. The van der Waals surface area contributed by atoms with Gasteiger partial charge in [-0.05, 0) is 43.4 Å². The fourth-order valence-electron chi connectivity index (χ4n) is 2.73. The molecule has 0 bridgehead atoms. The molecule has 3 heteroatoms. The van der Waals surface area contributed by atoms with Crippen LogP contribution in [0.5, 0.6) is 0 Å². The zero-order valence-corrected chi connectivity index (χ0v) is 13.8. The van der Waals surface area contributed by atoms with Gasteiger partial charge >= 0.3 is 0 Å². The van der Waals surface area contributed by atoms with Crippen molar-refractivity contribution in [2.24, 2.45) is 5.92 Å². The maximum Gasteiger partial charge on any atom is 0.227 e. The lowest BCUT2D eigenvalue weighted by Gasteiger charge is -2.18. The number of nitrogens with one attached hydrogen (secondary N) is 1. The molecule has 0 aromatic heterocycles. The first-order valence-corrected chi connectivity index (χ1v) is 8.05. The number of anilines is 1. The maximum absolute atomic E-state index is 12.4. The maximum atomic E-state index is 12.4. The van der Waals surface area contributed by atoms with Crippen molar-refractivity contribution in [3.8, 4) is 0 Å². The molecule has 1 atom stereocenters. The minimum Gasteiger partial charge on any atom is -0.392 e.